The molecule has 1 aliphatic rings. The molecule has 0 saturated carbocycles. The lowest BCUT2D eigenvalue weighted by atomic mass is 9.86. The van der Waals surface area contributed by atoms with Crippen molar-refractivity contribution in [2.45, 2.75) is 61.0 Å². The maximum absolute atomic E-state index is 11.6. The summed E-state index contributed by atoms with van der Waals surface area (Å²) >= 11 is 0. The molecule has 158 valence electrons. The van der Waals surface area contributed by atoms with E-state index in [2.05, 4.69) is 6.58 Å². The van der Waals surface area contributed by atoms with Crippen molar-refractivity contribution < 1.29 is 55.1 Å². The van der Waals surface area contributed by atoms with Gasteiger partial charge in [-0.05, 0) is 0 Å². The Labute approximate surface area is 154 Å². The molecule has 0 radical (unpaired) electrons. The topological polar surface area (TPSA) is 223 Å². The molecule has 12 heteroatoms. The summed E-state index contributed by atoms with van der Waals surface area (Å²) in [5, 5.41) is 78.5. The Kier molecular flexibility index (Phi) is 8.69. The number of hydrogen-bond acceptors (Lipinski definition) is 11. The van der Waals surface area contributed by atoms with E-state index in [4.69, 9.17) is 20.3 Å². The van der Waals surface area contributed by atoms with Crippen molar-refractivity contribution in [3.63, 3.8) is 0 Å². The van der Waals surface area contributed by atoms with Crippen molar-refractivity contribution in [3.05, 3.63) is 12.7 Å². The Morgan fingerprint density at radius 2 is 1.81 bits per heavy atom. The highest BCUT2D eigenvalue weighted by Gasteiger charge is 2.51. The van der Waals surface area contributed by atoms with Crippen LogP contribution in [0.2, 0.25) is 0 Å². The summed E-state index contributed by atoms with van der Waals surface area (Å²) in [6, 6.07) is 0. The van der Waals surface area contributed by atoms with Crippen LogP contribution in [0.4, 0.5) is 0 Å². The van der Waals surface area contributed by atoms with Crippen LogP contribution in [0.1, 0.15) is 6.42 Å². The van der Waals surface area contributed by atoms with Gasteiger partial charge in [0.1, 0.15) is 42.7 Å². The van der Waals surface area contributed by atoms with E-state index in [0.29, 0.717) is 0 Å². The number of aliphatic hydroxyl groups is 8. The second-order valence-corrected chi connectivity index (χ2v) is 6.27. The van der Waals surface area contributed by atoms with E-state index >= 15 is 0 Å². The molecule has 0 bridgehead atoms. The zero-order chi connectivity index (χ0) is 20.9. The second kappa shape index (κ2) is 9.84. The van der Waals surface area contributed by atoms with Gasteiger partial charge in [0.25, 0.3) is 5.91 Å². The Morgan fingerprint density at radius 1 is 1.22 bits per heavy atom. The maximum atomic E-state index is 11.6. The molecule has 1 fully saturated rings. The normalized spacial score (nSPS) is 34.3. The standard InChI is InChI=1S/C15H27NO11/c1-2-3-15(25,14(16)24)12(23)11(6(19)4-17)27-13-10(22)9(21)8(20)7(5-18)26-13/h2,6-13,17-23,25H,1,3-5H2,(H2,16,24)/t6?,7-,8-,9+,10-,11?,12?,13-,15?/m1/s1. The third kappa shape index (κ3) is 5.00. The predicted molar refractivity (Wildman–Crippen MR) is 86.7 cm³/mol. The average Bonchev–Trinajstić information content (AvgIpc) is 2.64. The fraction of sp³-hybridized carbons (Fsp3) is 0.800. The van der Waals surface area contributed by atoms with Crippen molar-refractivity contribution in [1.29, 1.82) is 0 Å². The summed E-state index contributed by atoms with van der Waals surface area (Å²) in [7, 11) is 0. The Hall–Kier alpha value is -1.19. The van der Waals surface area contributed by atoms with E-state index in [-0.39, 0.29) is 0 Å². The molecule has 0 aromatic heterocycles. The van der Waals surface area contributed by atoms with E-state index in [0.717, 1.165) is 6.08 Å². The van der Waals surface area contributed by atoms with Gasteiger partial charge in [0.2, 0.25) is 0 Å². The third-order valence-corrected chi connectivity index (χ3v) is 4.39. The third-order valence-electron chi connectivity index (χ3n) is 4.39. The van der Waals surface area contributed by atoms with Crippen LogP contribution in [0.15, 0.2) is 12.7 Å². The molecule has 9 atom stereocenters. The number of aliphatic hydroxyl groups excluding tert-OH is 7. The van der Waals surface area contributed by atoms with Gasteiger partial charge in [-0.3, -0.25) is 4.79 Å². The molecule has 0 aromatic rings. The van der Waals surface area contributed by atoms with Gasteiger partial charge in [0.05, 0.1) is 13.2 Å². The van der Waals surface area contributed by atoms with Crippen LogP contribution in [-0.4, -0.2) is 115 Å². The number of rotatable bonds is 10. The van der Waals surface area contributed by atoms with Crippen molar-refractivity contribution >= 4 is 5.91 Å². The largest absolute Gasteiger partial charge is 0.394 e. The number of hydrogen-bond donors (Lipinski definition) is 9. The van der Waals surface area contributed by atoms with Gasteiger partial charge >= 0.3 is 0 Å². The van der Waals surface area contributed by atoms with Crippen LogP contribution in [0, 0.1) is 0 Å². The lowest BCUT2D eigenvalue weighted by Gasteiger charge is -2.43. The zero-order valence-electron chi connectivity index (χ0n) is 14.4. The lowest BCUT2D eigenvalue weighted by Crippen LogP contribution is -2.64. The molecule has 1 amide bonds. The minimum Gasteiger partial charge on any atom is -0.394 e. The van der Waals surface area contributed by atoms with Crippen molar-refractivity contribution in [2.24, 2.45) is 5.73 Å². The van der Waals surface area contributed by atoms with Crippen LogP contribution in [0.25, 0.3) is 0 Å². The SMILES string of the molecule is C=CCC(O)(C(N)=O)C(O)C(O[C@H]1O[C@H](CO)[C@@H](O)[C@H](O)[C@H]1O)C(O)CO. The molecular formula is C15H27NO11. The molecule has 4 unspecified atom stereocenters. The van der Waals surface area contributed by atoms with Gasteiger partial charge in [-0.25, -0.2) is 0 Å². The molecular weight excluding hydrogens is 370 g/mol. The number of amides is 1. The summed E-state index contributed by atoms with van der Waals surface area (Å²) in [5.74, 6) is -1.37. The fourth-order valence-electron chi connectivity index (χ4n) is 2.67. The summed E-state index contributed by atoms with van der Waals surface area (Å²) in [6.07, 6.45) is -14.0. The van der Waals surface area contributed by atoms with Crippen molar-refractivity contribution in [1.82, 2.24) is 0 Å². The smallest absolute Gasteiger partial charge is 0.252 e. The molecule has 12 nitrogen and oxygen atoms in total. The van der Waals surface area contributed by atoms with Crippen LogP contribution in [0.5, 0.6) is 0 Å². The monoisotopic (exact) mass is 397 g/mol. The molecule has 0 aliphatic carbocycles. The first-order chi connectivity index (χ1) is 12.5. The molecule has 1 rings (SSSR count). The molecule has 1 saturated heterocycles. The molecule has 1 heterocycles. The van der Waals surface area contributed by atoms with Crippen LogP contribution < -0.4 is 5.73 Å². The van der Waals surface area contributed by atoms with Gasteiger partial charge < -0.3 is 56.1 Å². The minimum atomic E-state index is -2.64. The minimum absolute atomic E-state index is 0.532. The maximum Gasteiger partial charge on any atom is 0.252 e. The predicted octanol–water partition coefficient (Wildman–Crippen LogP) is -5.32. The fourth-order valence-corrected chi connectivity index (χ4v) is 2.67. The Morgan fingerprint density at radius 3 is 2.26 bits per heavy atom. The van der Waals surface area contributed by atoms with E-state index in [1.165, 1.54) is 0 Å². The summed E-state index contributed by atoms with van der Waals surface area (Å²) < 4.78 is 10.3. The second-order valence-electron chi connectivity index (χ2n) is 6.27. The highest BCUT2D eigenvalue weighted by atomic mass is 16.7. The number of ether oxygens (including phenoxy) is 2. The van der Waals surface area contributed by atoms with Crippen LogP contribution >= 0.6 is 0 Å². The lowest BCUT2D eigenvalue weighted by molar-refractivity contribution is -0.329. The number of carbonyl (C=O) groups is 1. The summed E-state index contributed by atoms with van der Waals surface area (Å²) in [6.45, 7) is 1.57. The summed E-state index contributed by atoms with van der Waals surface area (Å²) in [5.41, 5.74) is 2.46. The van der Waals surface area contributed by atoms with E-state index in [1.807, 2.05) is 0 Å². The van der Waals surface area contributed by atoms with Gasteiger partial charge in [0.15, 0.2) is 11.9 Å². The first kappa shape index (κ1) is 23.8. The van der Waals surface area contributed by atoms with Crippen molar-refractivity contribution in [3.8, 4) is 0 Å². The average molecular weight is 397 g/mol. The highest BCUT2D eigenvalue weighted by molar-refractivity contribution is 5.84. The van der Waals surface area contributed by atoms with Gasteiger partial charge in [0, 0.05) is 6.42 Å². The molecule has 0 spiro atoms. The summed E-state index contributed by atoms with van der Waals surface area (Å²) in [4.78, 5) is 11.6. The quantitative estimate of drug-likeness (QED) is 0.158. The Balaban J connectivity index is 3.13. The van der Waals surface area contributed by atoms with Gasteiger partial charge in [-0.2, -0.15) is 0 Å². The number of nitrogens with two attached hydrogens (primary N) is 1. The first-order valence-electron chi connectivity index (χ1n) is 8.11. The number of primary amides is 1. The van der Waals surface area contributed by atoms with Gasteiger partial charge in [-0.15, -0.1) is 6.58 Å². The molecule has 0 aromatic carbocycles. The Bertz CT molecular complexity index is 504. The van der Waals surface area contributed by atoms with Gasteiger partial charge in [-0.1, -0.05) is 6.08 Å². The van der Waals surface area contributed by atoms with E-state index < -0.39 is 80.2 Å². The van der Waals surface area contributed by atoms with Crippen LogP contribution in [0.3, 0.4) is 0 Å². The van der Waals surface area contributed by atoms with E-state index in [1.54, 1.807) is 0 Å². The molecule has 1 aliphatic heterocycles. The highest BCUT2D eigenvalue weighted by Crippen LogP contribution is 2.28. The molecule has 10 N–H and O–H groups in total. The first-order valence-corrected chi connectivity index (χ1v) is 8.11. The molecule has 27 heavy (non-hydrogen) atoms. The van der Waals surface area contributed by atoms with E-state index in [9.17, 15) is 40.5 Å². The number of carbonyl (C=O) groups excluding carboxylic acids is 1. The van der Waals surface area contributed by atoms with Crippen LogP contribution in [-0.2, 0) is 14.3 Å². The van der Waals surface area contributed by atoms with Crippen molar-refractivity contribution in [2.75, 3.05) is 13.2 Å². The zero-order valence-corrected chi connectivity index (χ0v) is 14.4.